The second kappa shape index (κ2) is 8.43. The Kier molecular flexibility index (Phi) is 5.88. The standard InChI is InChI=1S/C22H18ClFN2O2S2/c1-30(27,28)20-12-2-15(3-13-20)22-21(29-19-10-4-16(23)5-11-19)14-25-26(22)18-8-6-17(24)7-9-18/h2-13,25H,14H2,1H3. The van der Waals surface area contributed by atoms with Gasteiger partial charge in [0, 0.05) is 33.2 Å². The molecule has 0 spiro atoms. The first-order chi connectivity index (χ1) is 14.3. The quantitative estimate of drug-likeness (QED) is 0.554. The zero-order chi connectivity index (χ0) is 21.3. The largest absolute Gasteiger partial charge is 0.275 e. The van der Waals surface area contributed by atoms with E-state index in [1.54, 1.807) is 48.2 Å². The first kappa shape index (κ1) is 20.9. The lowest BCUT2D eigenvalue weighted by Gasteiger charge is -2.23. The van der Waals surface area contributed by atoms with E-state index in [9.17, 15) is 12.8 Å². The van der Waals surface area contributed by atoms with Crippen LogP contribution in [0.1, 0.15) is 5.56 Å². The molecule has 0 amide bonds. The third kappa shape index (κ3) is 4.54. The van der Waals surface area contributed by atoms with Crippen molar-refractivity contribution in [1.82, 2.24) is 5.43 Å². The minimum Gasteiger partial charge on any atom is -0.275 e. The highest BCUT2D eigenvalue weighted by molar-refractivity contribution is 8.03. The van der Waals surface area contributed by atoms with Gasteiger partial charge in [-0.3, -0.25) is 5.01 Å². The van der Waals surface area contributed by atoms with Gasteiger partial charge in [0.25, 0.3) is 0 Å². The predicted octanol–water partition coefficient (Wildman–Crippen LogP) is 5.37. The molecular formula is C22H18ClFN2O2S2. The van der Waals surface area contributed by atoms with Gasteiger partial charge in [0.15, 0.2) is 9.84 Å². The second-order valence-electron chi connectivity index (χ2n) is 6.77. The Labute approximate surface area is 184 Å². The fourth-order valence-electron chi connectivity index (χ4n) is 3.13. The zero-order valence-corrected chi connectivity index (χ0v) is 18.4. The number of halogens is 2. The van der Waals surface area contributed by atoms with Crippen LogP contribution < -0.4 is 10.4 Å². The molecule has 0 radical (unpaired) electrons. The lowest BCUT2D eigenvalue weighted by Crippen LogP contribution is -2.31. The molecule has 1 heterocycles. The van der Waals surface area contributed by atoms with E-state index in [1.807, 2.05) is 29.3 Å². The first-order valence-corrected chi connectivity index (χ1v) is 12.2. The number of sulfone groups is 1. The molecule has 0 saturated heterocycles. The molecule has 8 heteroatoms. The van der Waals surface area contributed by atoms with E-state index in [4.69, 9.17) is 11.6 Å². The SMILES string of the molecule is CS(=O)(=O)c1ccc(C2=C(Sc3ccc(Cl)cc3)CNN2c2ccc(F)cc2)cc1. The minimum absolute atomic E-state index is 0.262. The summed E-state index contributed by atoms with van der Waals surface area (Å²) in [5.74, 6) is -0.309. The van der Waals surface area contributed by atoms with Crippen LogP contribution in [0.4, 0.5) is 10.1 Å². The summed E-state index contributed by atoms with van der Waals surface area (Å²) in [6, 6.07) is 20.6. The van der Waals surface area contributed by atoms with Gasteiger partial charge in [-0.05, 0) is 60.7 Å². The van der Waals surface area contributed by atoms with Crippen LogP contribution in [0.25, 0.3) is 5.70 Å². The molecule has 0 saturated carbocycles. The summed E-state index contributed by atoms with van der Waals surface area (Å²) in [5, 5.41) is 2.56. The highest BCUT2D eigenvalue weighted by Gasteiger charge is 2.26. The van der Waals surface area contributed by atoms with Gasteiger partial charge in [-0.1, -0.05) is 35.5 Å². The molecule has 0 unspecified atom stereocenters. The van der Waals surface area contributed by atoms with Gasteiger partial charge in [-0.2, -0.15) is 0 Å². The number of benzene rings is 3. The van der Waals surface area contributed by atoms with Crippen molar-refractivity contribution in [1.29, 1.82) is 0 Å². The second-order valence-corrected chi connectivity index (χ2v) is 10.4. The Balaban J connectivity index is 1.77. The summed E-state index contributed by atoms with van der Waals surface area (Å²) in [6.45, 7) is 0.577. The molecule has 0 aromatic heterocycles. The third-order valence-electron chi connectivity index (χ3n) is 4.58. The summed E-state index contributed by atoms with van der Waals surface area (Å²) >= 11 is 7.60. The Bertz CT molecular complexity index is 1190. The number of thioether (sulfide) groups is 1. The molecule has 0 fully saturated rings. The Morgan fingerprint density at radius 1 is 0.967 bits per heavy atom. The van der Waals surface area contributed by atoms with E-state index in [0.29, 0.717) is 11.6 Å². The number of nitrogens with zero attached hydrogens (tertiary/aromatic N) is 1. The molecular weight excluding hydrogens is 443 g/mol. The van der Waals surface area contributed by atoms with Gasteiger partial charge < -0.3 is 0 Å². The monoisotopic (exact) mass is 460 g/mol. The van der Waals surface area contributed by atoms with Crippen LogP contribution in [-0.2, 0) is 9.84 Å². The van der Waals surface area contributed by atoms with E-state index in [0.717, 1.165) is 26.7 Å². The van der Waals surface area contributed by atoms with Gasteiger partial charge in [0.2, 0.25) is 0 Å². The van der Waals surface area contributed by atoms with E-state index in [2.05, 4.69) is 5.43 Å². The van der Waals surface area contributed by atoms with Gasteiger partial charge in [0.1, 0.15) is 5.82 Å². The van der Waals surface area contributed by atoms with Crippen molar-refractivity contribution >= 4 is 44.6 Å². The molecule has 0 bridgehead atoms. The van der Waals surface area contributed by atoms with Crippen LogP contribution in [0.2, 0.25) is 5.02 Å². The molecule has 0 aliphatic carbocycles. The Morgan fingerprint density at radius 3 is 2.20 bits per heavy atom. The number of nitrogens with one attached hydrogen (secondary N) is 1. The van der Waals surface area contributed by atoms with Gasteiger partial charge in [-0.25, -0.2) is 18.2 Å². The predicted molar refractivity (Wildman–Crippen MR) is 121 cm³/mol. The van der Waals surface area contributed by atoms with Crippen molar-refractivity contribution < 1.29 is 12.8 Å². The highest BCUT2D eigenvalue weighted by Crippen LogP contribution is 2.39. The summed E-state index contributed by atoms with van der Waals surface area (Å²) < 4.78 is 37.1. The summed E-state index contributed by atoms with van der Waals surface area (Å²) in [5.41, 5.74) is 5.87. The maximum atomic E-state index is 13.4. The van der Waals surface area contributed by atoms with Crippen LogP contribution in [0.15, 0.2) is 87.5 Å². The van der Waals surface area contributed by atoms with Gasteiger partial charge in [0.05, 0.1) is 16.3 Å². The van der Waals surface area contributed by atoms with Crippen molar-refractivity contribution in [2.24, 2.45) is 0 Å². The molecule has 154 valence electrons. The zero-order valence-electron chi connectivity index (χ0n) is 16.0. The van der Waals surface area contributed by atoms with Crippen molar-refractivity contribution in [3.8, 4) is 0 Å². The van der Waals surface area contributed by atoms with E-state index in [-0.39, 0.29) is 10.7 Å². The molecule has 4 nitrogen and oxygen atoms in total. The van der Waals surface area contributed by atoms with Crippen LogP contribution in [0.3, 0.4) is 0 Å². The van der Waals surface area contributed by atoms with Gasteiger partial charge >= 0.3 is 0 Å². The third-order valence-corrected chi connectivity index (χ3v) is 7.05. The topological polar surface area (TPSA) is 49.4 Å². The Hall–Kier alpha value is -2.32. The fraction of sp³-hybridized carbons (Fsp3) is 0.0909. The van der Waals surface area contributed by atoms with Crippen LogP contribution in [0, 0.1) is 5.82 Å². The maximum Gasteiger partial charge on any atom is 0.175 e. The van der Waals surface area contributed by atoms with Crippen LogP contribution in [0.5, 0.6) is 0 Å². The average Bonchev–Trinajstić information content (AvgIpc) is 3.13. The fourth-order valence-corrected chi connectivity index (χ4v) is 4.88. The number of hydrogen-bond acceptors (Lipinski definition) is 5. The number of rotatable bonds is 5. The molecule has 1 aliphatic rings. The summed E-state index contributed by atoms with van der Waals surface area (Å²) in [7, 11) is -3.28. The van der Waals surface area contributed by atoms with Crippen molar-refractivity contribution in [2.75, 3.05) is 17.8 Å². The van der Waals surface area contributed by atoms with Crippen molar-refractivity contribution in [3.63, 3.8) is 0 Å². The van der Waals surface area contributed by atoms with E-state index in [1.165, 1.54) is 18.4 Å². The van der Waals surface area contributed by atoms with Crippen LogP contribution in [-0.4, -0.2) is 21.2 Å². The van der Waals surface area contributed by atoms with E-state index >= 15 is 0 Å². The number of hydrazine groups is 1. The maximum absolute atomic E-state index is 13.4. The summed E-state index contributed by atoms with van der Waals surface area (Å²) in [6.07, 6.45) is 1.19. The molecule has 30 heavy (non-hydrogen) atoms. The first-order valence-electron chi connectivity index (χ1n) is 9.07. The number of anilines is 1. The molecule has 1 N–H and O–H groups in total. The molecule has 3 aromatic rings. The molecule has 4 rings (SSSR count). The van der Waals surface area contributed by atoms with E-state index < -0.39 is 9.84 Å². The Morgan fingerprint density at radius 2 is 1.60 bits per heavy atom. The highest BCUT2D eigenvalue weighted by atomic mass is 35.5. The summed E-state index contributed by atoms with van der Waals surface area (Å²) in [4.78, 5) is 2.34. The molecule has 0 atom stereocenters. The molecule has 3 aromatic carbocycles. The lowest BCUT2D eigenvalue weighted by atomic mass is 10.1. The minimum atomic E-state index is -3.28. The van der Waals surface area contributed by atoms with Crippen LogP contribution >= 0.6 is 23.4 Å². The molecule has 1 aliphatic heterocycles. The smallest absolute Gasteiger partial charge is 0.175 e. The van der Waals surface area contributed by atoms with Gasteiger partial charge in [-0.15, -0.1) is 0 Å². The number of hydrogen-bond donors (Lipinski definition) is 1. The van der Waals surface area contributed by atoms with Crippen molar-refractivity contribution in [3.05, 3.63) is 94.1 Å². The lowest BCUT2D eigenvalue weighted by molar-refractivity contribution is 0.602. The normalized spacial score (nSPS) is 14.4. The average molecular weight is 461 g/mol. The van der Waals surface area contributed by atoms with Crippen molar-refractivity contribution in [2.45, 2.75) is 9.79 Å².